The monoisotopic (exact) mass is 440 g/mol. The molecule has 0 bridgehead atoms. The molecular formula is C29H32N2O2. The lowest BCUT2D eigenvalue weighted by molar-refractivity contribution is 0.0951. The molecule has 170 valence electrons. The van der Waals surface area contributed by atoms with E-state index in [0.717, 1.165) is 50.0 Å². The first-order chi connectivity index (χ1) is 16.2. The molecule has 1 fully saturated rings. The fourth-order valence-electron chi connectivity index (χ4n) is 4.49. The highest BCUT2D eigenvalue weighted by atomic mass is 16.3. The molecule has 4 heteroatoms. The fourth-order valence-corrected chi connectivity index (χ4v) is 4.49. The van der Waals surface area contributed by atoms with Gasteiger partial charge in [-0.2, -0.15) is 0 Å². The molecule has 3 aromatic carbocycles. The highest BCUT2D eigenvalue weighted by molar-refractivity contribution is 5.95. The van der Waals surface area contributed by atoms with E-state index < -0.39 is 0 Å². The average molecular weight is 441 g/mol. The van der Waals surface area contributed by atoms with Crippen molar-refractivity contribution in [2.24, 2.45) is 0 Å². The maximum atomic E-state index is 12.9. The minimum absolute atomic E-state index is 0.00851. The van der Waals surface area contributed by atoms with E-state index >= 15 is 0 Å². The summed E-state index contributed by atoms with van der Waals surface area (Å²) in [5.41, 5.74) is 4.27. The van der Waals surface area contributed by atoms with E-state index in [4.69, 9.17) is 0 Å². The first-order valence-corrected chi connectivity index (χ1v) is 11.8. The second-order valence-corrected chi connectivity index (χ2v) is 8.68. The van der Waals surface area contributed by atoms with Crippen LogP contribution < -0.4 is 5.32 Å². The highest BCUT2D eigenvalue weighted by Crippen LogP contribution is 2.29. The number of amides is 1. The van der Waals surface area contributed by atoms with Crippen LogP contribution in [0.15, 0.2) is 84.9 Å². The third-order valence-electron chi connectivity index (χ3n) is 6.23. The first-order valence-electron chi connectivity index (χ1n) is 11.8. The maximum absolute atomic E-state index is 12.9. The molecule has 0 spiro atoms. The summed E-state index contributed by atoms with van der Waals surface area (Å²) in [6.45, 7) is 3.38. The molecule has 2 N–H and O–H groups in total. The number of likely N-dealkylation sites (tertiary alicyclic amines) is 1. The van der Waals surface area contributed by atoms with Crippen LogP contribution in [-0.2, 0) is 6.54 Å². The Kier molecular flexibility index (Phi) is 7.94. The van der Waals surface area contributed by atoms with Gasteiger partial charge in [0, 0.05) is 25.2 Å². The van der Waals surface area contributed by atoms with Crippen molar-refractivity contribution >= 4 is 12.0 Å². The van der Waals surface area contributed by atoms with Crippen LogP contribution in [0, 0.1) is 0 Å². The van der Waals surface area contributed by atoms with Crippen LogP contribution in [0.2, 0.25) is 0 Å². The van der Waals surface area contributed by atoms with E-state index in [1.165, 1.54) is 11.1 Å². The van der Waals surface area contributed by atoms with E-state index in [9.17, 15) is 9.90 Å². The molecule has 1 atom stereocenters. The minimum atomic E-state index is -0.00851. The summed E-state index contributed by atoms with van der Waals surface area (Å²) in [5, 5.41) is 12.6. The number of hydrogen-bond donors (Lipinski definition) is 2. The largest absolute Gasteiger partial charge is 0.508 e. The van der Waals surface area contributed by atoms with Crippen LogP contribution in [-0.4, -0.2) is 35.5 Å². The minimum Gasteiger partial charge on any atom is -0.508 e. The van der Waals surface area contributed by atoms with Crippen molar-refractivity contribution in [3.8, 4) is 5.75 Å². The smallest absolute Gasteiger partial charge is 0.251 e. The summed E-state index contributed by atoms with van der Waals surface area (Å²) in [6.07, 6.45) is 7.26. The Bertz CT molecular complexity index is 1060. The van der Waals surface area contributed by atoms with Crippen molar-refractivity contribution in [2.45, 2.75) is 31.7 Å². The lowest BCUT2D eigenvalue weighted by atomic mass is 9.90. The van der Waals surface area contributed by atoms with Crippen molar-refractivity contribution < 1.29 is 9.90 Å². The normalized spacial score (nSPS) is 16.7. The molecule has 4 rings (SSSR count). The molecule has 1 aliphatic rings. The second-order valence-electron chi connectivity index (χ2n) is 8.68. The number of rotatable bonds is 8. The molecule has 1 heterocycles. The van der Waals surface area contributed by atoms with Crippen molar-refractivity contribution in [1.29, 1.82) is 0 Å². The highest BCUT2D eigenvalue weighted by Gasteiger charge is 2.22. The number of nitrogens with one attached hydrogen (secondary N) is 1. The van der Waals surface area contributed by atoms with E-state index in [-0.39, 0.29) is 5.91 Å². The SMILES string of the molecule is O=C(NCC/C=C/c1ccccc1)c1ccccc1CN1CCCC(c2ccc(O)cc2)C1. The molecule has 1 amide bonds. The number of nitrogens with zero attached hydrogens (tertiary/aromatic N) is 1. The van der Waals surface area contributed by atoms with Gasteiger partial charge in [-0.1, -0.05) is 72.8 Å². The quantitative estimate of drug-likeness (QED) is 0.448. The zero-order chi connectivity index (χ0) is 22.9. The molecule has 1 unspecified atom stereocenters. The van der Waals surface area contributed by atoms with Crippen LogP contribution >= 0.6 is 0 Å². The van der Waals surface area contributed by atoms with Crippen molar-refractivity contribution in [1.82, 2.24) is 10.2 Å². The Labute approximate surface area is 196 Å². The van der Waals surface area contributed by atoms with Crippen LogP contribution in [0.1, 0.15) is 52.2 Å². The van der Waals surface area contributed by atoms with Gasteiger partial charge in [-0.25, -0.2) is 0 Å². The number of phenols is 1. The molecule has 0 radical (unpaired) electrons. The van der Waals surface area contributed by atoms with Gasteiger partial charge in [-0.3, -0.25) is 9.69 Å². The van der Waals surface area contributed by atoms with Crippen LogP contribution in [0.4, 0.5) is 0 Å². The van der Waals surface area contributed by atoms with Crippen LogP contribution in [0.5, 0.6) is 5.75 Å². The summed E-state index contributed by atoms with van der Waals surface area (Å²) in [7, 11) is 0. The zero-order valence-corrected chi connectivity index (χ0v) is 19.0. The predicted octanol–water partition coefficient (Wildman–Crippen LogP) is 5.61. The molecule has 4 nitrogen and oxygen atoms in total. The van der Waals surface area contributed by atoms with E-state index in [0.29, 0.717) is 18.2 Å². The Hall–Kier alpha value is -3.37. The number of carbonyl (C=O) groups excluding carboxylic acids is 1. The van der Waals surface area contributed by atoms with E-state index in [1.54, 1.807) is 12.1 Å². The zero-order valence-electron chi connectivity index (χ0n) is 19.0. The van der Waals surface area contributed by atoms with Crippen molar-refractivity contribution in [3.05, 3.63) is 107 Å². The van der Waals surface area contributed by atoms with Gasteiger partial charge in [-0.15, -0.1) is 0 Å². The van der Waals surface area contributed by atoms with E-state index in [2.05, 4.69) is 40.6 Å². The fraction of sp³-hybridized carbons (Fsp3) is 0.276. The maximum Gasteiger partial charge on any atom is 0.251 e. The molecule has 1 aliphatic heterocycles. The lowest BCUT2D eigenvalue weighted by Gasteiger charge is -2.33. The van der Waals surface area contributed by atoms with E-state index in [1.807, 2.05) is 48.5 Å². The number of hydrogen-bond acceptors (Lipinski definition) is 3. The van der Waals surface area contributed by atoms with Crippen molar-refractivity contribution in [3.63, 3.8) is 0 Å². The van der Waals surface area contributed by atoms with Gasteiger partial charge in [0.15, 0.2) is 0 Å². The Balaban J connectivity index is 1.32. The summed E-state index contributed by atoms with van der Waals surface area (Å²) in [5.74, 6) is 0.754. The number of piperidine rings is 1. The Morgan fingerprint density at radius 2 is 1.76 bits per heavy atom. The summed E-state index contributed by atoms with van der Waals surface area (Å²) >= 11 is 0. The van der Waals surface area contributed by atoms with Crippen molar-refractivity contribution in [2.75, 3.05) is 19.6 Å². The molecule has 0 aliphatic carbocycles. The third kappa shape index (κ3) is 6.56. The summed E-state index contributed by atoms with van der Waals surface area (Å²) < 4.78 is 0. The van der Waals surface area contributed by atoms with Crippen LogP contribution in [0.3, 0.4) is 0 Å². The van der Waals surface area contributed by atoms with Gasteiger partial charge in [0.2, 0.25) is 0 Å². The lowest BCUT2D eigenvalue weighted by Crippen LogP contribution is -2.35. The molecule has 0 aromatic heterocycles. The third-order valence-corrected chi connectivity index (χ3v) is 6.23. The number of aromatic hydroxyl groups is 1. The average Bonchev–Trinajstić information content (AvgIpc) is 2.85. The molecule has 33 heavy (non-hydrogen) atoms. The number of carbonyl (C=O) groups is 1. The standard InChI is InChI=1S/C29H32N2O2/c32-27-17-15-24(16-18-27)25-13-8-20-31(21-25)22-26-12-4-5-14-28(26)29(33)30-19-7-6-11-23-9-2-1-3-10-23/h1-6,9-12,14-18,25,32H,7-8,13,19-22H2,(H,30,33)/b11-6+. The van der Waals surface area contributed by atoms with Gasteiger partial charge in [0.05, 0.1) is 0 Å². The number of phenolic OH excluding ortho intramolecular Hbond substituents is 1. The van der Waals surface area contributed by atoms with Gasteiger partial charge in [0.1, 0.15) is 5.75 Å². The van der Waals surface area contributed by atoms with Gasteiger partial charge in [0.25, 0.3) is 5.91 Å². The van der Waals surface area contributed by atoms with Gasteiger partial charge in [-0.05, 0) is 66.6 Å². The van der Waals surface area contributed by atoms with Gasteiger partial charge < -0.3 is 10.4 Å². The van der Waals surface area contributed by atoms with Crippen LogP contribution in [0.25, 0.3) is 6.08 Å². The summed E-state index contributed by atoms with van der Waals surface area (Å²) in [4.78, 5) is 15.3. The first kappa shape index (κ1) is 22.8. The molecule has 0 saturated carbocycles. The Morgan fingerprint density at radius 1 is 1.00 bits per heavy atom. The Morgan fingerprint density at radius 3 is 2.58 bits per heavy atom. The molecular weight excluding hydrogens is 408 g/mol. The topological polar surface area (TPSA) is 52.6 Å². The number of benzene rings is 3. The summed E-state index contributed by atoms with van der Waals surface area (Å²) in [6, 6.07) is 25.7. The molecule has 1 saturated heterocycles. The predicted molar refractivity (Wildman–Crippen MR) is 134 cm³/mol. The van der Waals surface area contributed by atoms with Gasteiger partial charge >= 0.3 is 0 Å². The molecule has 3 aromatic rings. The second kappa shape index (κ2) is 11.5.